The van der Waals surface area contributed by atoms with Crippen LogP contribution >= 0.6 is 0 Å². The highest BCUT2D eigenvalue weighted by Crippen LogP contribution is 2.24. The summed E-state index contributed by atoms with van der Waals surface area (Å²) in [6.45, 7) is 6.87. The molecule has 78 valence electrons. The van der Waals surface area contributed by atoms with Gasteiger partial charge in [-0.25, -0.2) is 0 Å². The van der Waals surface area contributed by atoms with Gasteiger partial charge in [0, 0.05) is 6.61 Å². The first-order valence-corrected chi connectivity index (χ1v) is 5.40. The summed E-state index contributed by atoms with van der Waals surface area (Å²) in [6, 6.07) is 6.40. The monoisotopic (exact) mass is 192 g/mol. The van der Waals surface area contributed by atoms with Crippen molar-refractivity contribution in [3.63, 3.8) is 0 Å². The van der Waals surface area contributed by atoms with E-state index in [0.29, 0.717) is 5.92 Å². The molecule has 0 fully saturated rings. The first kappa shape index (κ1) is 11.3. The summed E-state index contributed by atoms with van der Waals surface area (Å²) >= 11 is 0. The van der Waals surface area contributed by atoms with Crippen LogP contribution in [0, 0.1) is 6.92 Å². The Bertz CT molecular complexity index is 291. The van der Waals surface area contributed by atoms with Crippen molar-refractivity contribution in [2.75, 3.05) is 6.61 Å². The summed E-state index contributed by atoms with van der Waals surface area (Å²) in [5.41, 5.74) is 4.07. The summed E-state index contributed by atoms with van der Waals surface area (Å²) in [5, 5.41) is 8.93. The van der Waals surface area contributed by atoms with Gasteiger partial charge in [-0.3, -0.25) is 0 Å². The predicted molar refractivity (Wildman–Crippen MR) is 60.7 cm³/mol. The average Bonchev–Trinajstić information content (AvgIpc) is 2.20. The highest BCUT2D eigenvalue weighted by Gasteiger charge is 2.08. The Morgan fingerprint density at radius 3 is 2.64 bits per heavy atom. The molecule has 1 aromatic rings. The molecular weight excluding hydrogens is 172 g/mol. The van der Waals surface area contributed by atoms with E-state index in [0.717, 1.165) is 6.42 Å². The third-order valence-corrected chi connectivity index (χ3v) is 3.01. The fourth-order valence-corrected chi connectivity index (χ4v) is 1.85. The lowest BCUT2D eigenvalue weighted by Crippen LogP contribution is -2.00. The van der Waals surface area contributed by atoms with Crippen LogP contribution in [0.15, 0.2) is 18.2 Å². The van der Waals surface area contributed by atoms with Crippen LogP contribution in [-0.2, 0) is 6.42 Å². The van der Waals surface area contributed by atoms with Gasteiger partial charge in [0.2, 0.25) is 0 Å². The smallest absolute Gasteiger partial charge is 0.0471 e. The molecule has 0 aliphatic rings. The van der Waals surface area contributed by atoms with E-state index in [1.807, 2.05) is 0 Å². The van der Waals surface area contributed by atoms with Gasteiger partial charge in [0.1, 0.15) is 0 Å². The second-order valence-corrected chi connectivity index (χ2v) is 3.91. The van der Waals surface area contributed by atoms with Crippen molar-refractivity contribution in [2.45, 2.75) is 39.5 Å². The number of hydrogen-bond donors (Lipinski definition) is 1. The van der Waals surface area contributed by atoms with Crippen LogP contribution in [0.1, 0.15) is 42.9 Å². The summed E-state index contributed by atoms with van der Waals surface area (Å²) in [6.07, 6.45) is 1.94. The molecule has 0 aromatic heterocycles. The van der Waals surface area contributed by atoms with Gasteiger partial charge in [0.25, 0.3) is 0 Å². The predicted octanol–water partition coefficient (Wildman–Crippen LogP) is 3.04. The average molecular weight is 192 g/mol. The standard InChI is InChI=1S/C13H20O/c1-4-10(2)13-7-5-6-12(8-9-14)11(13)3/h5-7,10,14H,4,8-9H2,1-3H3. The number of aliphatic hydroxyl groups excluding tert-OH is 1. The van der Waals surface area contributed by atoms with Crippen molar-refractivity contribution in [2.24, 2.45) is 0 Å². The molecule has 0 amide bonds. The van der Waals surface area contributed by atoms with Gasteiger partial charge in [-0.1, -0.05) is 32.0 Å². The maximum Gasteiger partial charge on any atom is 0.0471 e. The number of benzene rings is 1. The van der Waals surface area contributed by atoms with Crippen molar-refractivity contribution in [3.8, 4) is 0 Å². The first-order valence-electron chi connectivity index (χ1n) is 5.40. The molecule has 0 saturated carbocycles. The van der Waals surface area contributed by atoms with Gasteiger partial charge in [0.05, 0.1) is 0 Å². The van der Waals surface area contributed by atoms with E-state index in [1.54, 1.807) is 0 Å². The first-order chi connectivity index (χ1) is 6.70. The highest BCUT2D eigenvalue weighted by molar-refractivity contribution is 5.36. The molecule has 1 nitrogen and oxygen atoms in total. The van der Waals surface area contributed by atoms with E-state index in [1.165, 1.54) is 23.1 Å². The molecule has 0 aliphatic heterocycles. The summed E-state index contributed by atoms with van der Waals surface area (Å²) in [4.78, 5) is 0. The van der Waals surface area contributed by atoms with Gasteiger partial charge in [-0.15, -0.1) is 0 Å². The molecule has 1 heteroatoms. The minimum Gasteiger partial charge on any atom is -0.396 e. The van der Waals surface area contributed by atoms with E-state index in [2.05, 4.69) is 39.0 Å². The van der Waals surface area contributed by atoms with Crippen molar-refractivity contribution in [3.05, 3.63) is 34.9 Å². The zero-order valence-corrected chi connectivity index (χ0v) is 9.38. The summed E-state index contributed by atoms with van der Waals surface area (Å²) < 4.78 is 0. The fraction of sp³-hybridized carbons (Fsp3) is 0.538. The Morgan fingerprint density at radius 2 is 2.07 bits per heavy atom. The zero-order chi connectivity index (χ0) is 10.6. The minimum absolute atomic E-state index is 0.241. The van der Waals surface area contributed by atoms with Crippen LogP contribution in [0.25, 0.3) is 0 Å². The van der Waals surface area contributed by atoms with Gasteiger partial charge in [-0.05, 0) is 42.4 Å². The van der Waals surface area contributed by atoms with E-state index < -0.39 is 0 Å². The summed E-state index contributed by atoms with van der Waals surface area (Å²) in [5.74, 6) is 0.619. The number of aliphatic hydroxyl groups is 1. The van der Waals surface area contributed by atoms with Crippen LogP contribution in [0.4, 0.5) is 0 Å². The van der Waals surface area contributed by atoms with Crippen molar-refractivity contribution >= 4 is 0 Å². The zero-order valence-electron chi connectivity index (χ0n) is 9.38. The molecule has 0 radical (unpaired) electrons. The molecule has 1 rings (SSSR count). The van der Waals surface area contributed by atoms with Crippen LogP contribution in [-0.4, -0.2) is 11.7 Å². The van der Waals surface area contributed by atoms with Crippen molar-refractivity contribution in [1.29, 1.82) is 0 Å². The molecule has 1 atom stereocenters. The Hall–Kier alpha value is -0.820. The normalized spacial score (nSPS) is 12.9. The molecule has 0 bridgehead atoms. The Morgan fingerprint density at radius 1 is 1.36 bits per heavy atom. The van der Waals surface area contributed by atoms with Gasteiger partial charge >= 0.3 is 0 Å². The number of hydrogen-bond acceptors (Lipinski definition) is 1. The molecule has 14 heavy (non-hydrogen) atoms. The molecule has 1 aromatic carbocycles. The molecule has 0 spiro atoms. The third kappa shape index (κ3) is 2.36. The molecule has 1 N–H and O–H groups in total. The van der Waals surface area contributed by atoms with Crippen molar-refractivity contribution in [1.82, 2.24) is 0 Å². The summed E-state index contributed by atoms with van der Waals surface area (Å²) in [7, 11) is 0. The maximum atomic E-state index is 8.93. The maximum absolute atomic E-state index is 8.93. The van der Waals surface area contributed by atoms with Crippen molar-refractivity contribution < 1.29 is 5.11 Å². The molecule has 0 aliphatic carbocycles. The van der Waals surface area contributed by atoms with Gasteiger partial charge < -0.3 is 5.11 Å². The third-order valence-electron chi connectivity index (χ3n) is 3.01. The lowest BCUT2D eigenvalue weighted by molar-refractivity contribution is 0.299. The molecule has 0 heterocycles. The van der Waals surface area contributed by atoms with Gasteiger partial charge in [0.15, 0.2) is 0 Å². The van der Waals surface area contributed by atoms with Crippen LogP contribution < -0.4 is 0 Å². The lowest BCUT2D eigenvalue weighted by Gasteiger charge is -2.15. The fourth-order valence-electron chi connectivity index (χ4n) is 1.85. The molecule has 0 saturated heterocycles. The van der Waals surface area contributed by atoms with Crippen LogP contribution in [0.2, 0.25) is 0 Å². The van der Waals surface area contributed by atoms with Crippen LogP contribution in [0.5, 0.6) is 0 Å². The van der Waals surface area contributed by atoms with E-state index in [4.69, 9.17) is 5.11 Å². The quantitative estimate of drug-likeness (QED) is 0.777. The Labute approximate surface area is 86.8 Å². The van der Waals surface area contributed by atoms with E-state index in [-0.39, 0.29) is 6.61 Å². The lowest BCUT2D eigenvalue weighted by atomic mass is 9.91. The molecule has 1 unspecified atom stereocenters. The topological polar surface area (TPSA) is 20.2 Å². The van der Waals surface area contributed by atoms with E-state index >= 15 is 0 Å². The largest absolute Gasteiger partial charge is 0.396 e. The number of rotatable bonds is 4. The minimum atomic E-state index is 0.241. The SMILES string of the molecule is CCC(C)c1cccc(CCO)c1C. The Kier molecular flexibility index (Phi) is 4.15. The Balaban J connectivity index is 3.00. The second kappa shape index (κ2) is 5.16. The highest BCUT2D eigenvalue weighted by atomic mass is 16.2. The van der Waals surface area contributed by atoms with E-state index in [9.17, 15) is 0 Å². The van der Waals surface area contributed by atoms with Gasteiger partial charge in [-0.2, -0.15) is 0 Å². The molecular formula is C13H20O. The van der Waals surface area contributed by atoms with Crippen LogP contribution in [0.3, 0.4) is 0 Å². The second-order valence-electron chi connectivity index (χ2n) is 3.91.